The second-order valence-electron chi connectivity index (χ2n) is 7.69. The van der Waals surface area contributed by atoms with Crippen LogP contribution in [0.3, 0.4) is 0 Å². The minimum Gasteiger partial charge on any atom is -0.336 e. The van der Waals surface area contributed by atoms with E-state index in [1.54, 1.807) is 0 Å². The fraction of sp³-hybridized carbons (Fsp3) is 0.938. The molecule has 0 aromatic carbocycles. The van der Waals surface area contributed by atoms with Crippen LogP contribution in [0.5, 0.6) is 0 Å². The minimum atomic E-state index is -0.226. The Morgan fingerprint density at radius 1 is 0.947 bits per heavy atom. The summed E-state index contributed by atoms with van der Waals surface area (Å²) in [5.41, 5.74) is -0.226. The number of amides is 1. The summed E-state index contributed by atoms with van der Waals surface area (Å²) >= 11 is 0. The zero-order valence-electron chi connectivity index (χ0n) is 12.7. The van der Waals surface area contributed by atoms with E-state index in [2.05, 4.69) is 30.6 Å². The Hall–Kier alpha value is -0.570. The molecule has 0 atom stereocenters. The van der Waals surface area contributed by atoms with Crippen LogP contribution in [0.4, 0.5) is 0 Å². The van der Waals surface area contributed by atoms with Gasteiger partial charge in [-0.1, -0.05) is 20.8 Å². The predicted molar refractivity (Wildman–Crippen MR) is 76.9 cm³/mol. The number of likely N-dealkylation sites (tertiary alicyclic amines) is 1. The summed E-state index contributed by atoms with van der Waals surface area (Å²) < 4.78 is 0. The van der Waals surface area contributed by atoms with Gasteiger partial charge in [-0.2, -0.15) is 0 Å². The first-order valence-electron chi connectivity index (χ1n) is 8.03. The smallest absolute Gasteiger partial charge is 0.228 e. The lowest BCUT2D eigenvalue weighted by atomic mass is 9.92. The molecule has 1 saturated heterocycles. The SMILES string of the molecule is CC(C)(C)C(=O)N(C1CC1)C1CCN(C2CC2)CC1. The number of carbonyl (C=O) groups excluding carboxylic acids is 1. The Kier molecular flexibility index (Phi) is 3.36. The van der Waals surface area contributed by atoms with Crippen LogP contribution in [0.1, 0.15) is 59.3 Å². The Morgan fingerprint density at radius 2 is 1.47 bits per heavy atom. The van der Waals surface area contributed by atoms with Gasteiger partial charge in [0.05, 0.1) is 0 Å². The number of hydrogen-bond donors (Lipinski definition) is 0. The first-order valence-corrected chi connectivity index (χ1v) is 8.03. The van der Waals surface area contributed by atoms with Gasteiger partial charge in [0.25, 0.3) is 0 Å². The van der Waals surface area contributed by atoms with Crippen LogP contribution in [0.25, 0.3) is 0 Å². The number of rotatable bonds is 3. The average Bonchev–Trinajstić information content (AvgIpc) is 3.22. The maximum Gasteiger partial charge on any atom is 0.228 e. The highest BCUT2D eigenvalue weighted by Crippen LogP contribution is 2.37. The highest BCUT2D eigenvalue weighted by Gasteiger charge is 2.43. The van der Waals surface area contributed by atoms with Crippen molar-refractivity contribution < 1.29 is 4.79 Å². The van der Waals surface area contributed by atoms with Crippen molar-refractivity contribution in [3.05, 3.63) is 0 Å². The monoisotopic (exact) mass is 264 g/mol. The van der Waals surface area contributed by atoms with Gasteiger partial charge in [-0.3, -0.25) is 4.79 Å². The summed E-state index contributed by atoms with van der Waals surface area (Å²) in [5, 5.41) is 0. The number of carbonyl (C=O) groups is 1. The van der Waals surface area contributed by atoms with E-state index in [0.717, 1.165) is 6.04 Å². The topological polar surface area (TPSA) is 23.6 Å². The van der Waals surface area contributed by atoms with Crippen molar-refractivity contribution in [3.8, 4) is 0 Å². The van der Waals surface area contributed by atoms with Crippen LogP contribution in [0.2, 0.25) is 0 Å². The summed E-state index contributed by atoms with van der Waals surface area (Å²) in [6.45, 7) is 8.59. The first-order chi connectivity index (χ1) is 8.97. The fourth-order valence-corrected chi connectivity index (χ4v) is 3.34. The molecule has 1 aliphatic heterocycles. The Bertz CT molecular complexity index is 344. The molecule has 0 N–H and O–H groups in total. The lowest BCUT2D eigenvalue weighted by molar-refractivity contribution is -0.143. The molecule has 0 aromatic heterocycles. The molecule has 2 aliphatic carbocycles. The maximum absolute atomic E-state index is 12.7. The van der Waals surface area contributed by atoms with Gasteiger partial charge in [0.2, 0.25) is 5.91 Å². The van der Waals surface area contributed by atoms with Gasteiger partial charge in [0.1, 0.15) is 0 Å². The van der Waals surface area contributed by atoms with Crippen LogP contribution in [0, 0.1) is 5.41 Å². The fourth-order valence-electron chi connectivity index (χ4n) is 3.34. The summed E-state index contributed by atoms with van der Waals surface area (Å²) in [7, 11) is 0. The van der Waals surface area contributed by atoms with Gasteiger partial charge in [-0.25, -0.2) is 0 Å². The lowest BCUT2D eigenvalue weighted by Crippen LogP contribution is -2.51. The molecule has 19 heavy (non-hydrogen) atoms. The number of piperidine rings is 1. The second-order valence-corrected chi connectivity index (χ2v) is 7.69. The van der Waals surface area contributed by atoms with E-state index in [9.17, 15) is 4.79 Å². The highest BCUT2D eigenvalue weighted by atomic mass is 16.2. The van der Waals surface area contributed by atoms with Crippen LogP contribution >= 0.6 is 0 Å². The van der Waals surface area contributed by atoms with E-state index in [1.807, 2.05) is 0 Å². The van der Waals surface area contributed by atoms with E-state index >= 15 is 0 Å². The van der Waals surface area contributed by atoms with Crippen molar-refractivity contribution in [2.24, 2.45) is 5.41 Å². The third kappa shape index (κ3) is 2.96. The summed E-state index contributed by atoms with van der Waals surface area (Å²) in [6.07, 6.45) is 7.63. The summed E-state index contributed by atoms with van der Waals surface area (Å²) in [6, 6.07) is 1.95. The molecule has 0 bridgehead atoms. The zero-order chi connectivity index (χ0) is 13.6. The van der Waals surface area contributed by atoms with Crippen molar-refractivity contribution in [1.29, 1.82) is 0 Å². The standard InChI is InChI=1S/C16H28N2O/c1-16(2,3)15(19)18(13-6-7-13)14-8-10-17(11-9-14)12-4-5-12/h12-14H,4-11H2,1-3H3. The highest BCUT2D eigenvalue weighted by molar-refractivity contribution is 5.82. The second kappa shape index (κ2) is 4.76. The Morgan fingerprint density at radius 3 is 1.89 bits per heavy atom. The van der Waals surface area contributed by atoms with Gasteiger partial charge in [0.15, 0.2) is 0 Å². The lowest BCUT2D eigenvalue weighted by Gasteiger charge is -2.41. The third-order valence-electron chi connectivity index (χ3n) is 4.77. The normalized spacial score (nSPS) is 26.5. The molecule has 3 heteroatoms. The molecule has 0 spiro atoms. The molecule has 2 saturated carbocycles. The van der Waals surface area contributed by atoms with Crippen molar-refractivity contribution in [2.75, 3.05) is 13.1 Å². The van der Waals surface area contributed by atoms with Gasteiger partial charge in [0, 0.05) is 36.6 Å². The molecular formula is C16H28N2O. The van der Waals surface area contributed by atoms with Crippen molar-refractivity contribution in [3.63, 3.8) is 0 Å². The molecular weight excluding hydrogens is 236 g/mol. The Balaban J connectivity index is 1.63. The molecule has 3 nitrogen and oxygen atoms in total. The van der Waals surface area contributed by atoms with E-state index in [0.29, 0.717) is 18.0 Å². The first kappa shape index (κ1) is 13.4. The molecule has 1 heterocycles. The molecule has 1 amide bonds. The van der Waals surface area contributed by atoms with Gasteiger partial charge < -0.3 is 9.80 Å². The Labute approximate surface area is 117 Å². The predicted octanol–water partition coefficient (Wildman–Crippen LogP) is 2.65. The molecule has 108 valence electrons. The van der Waals surface area contributed by atoms with Crippen LogP contribution in [-0.4, -0.2) is 46.9 Å². The molecule has 0 radical (unpaired) electrons. The van der Waals surface area contributed by atoms with Crippen molar-refractivity contribution in [2.45, 2.75) is 77.4 Å². The van der Waals surface area contributed by atoms with Crippen molar-refractivity contribution in [1.82, 2.24) is 9.80 Å². The van der Waals surface area contributed by atoms with Crippen LogP contribution in [-0.2, 0) is 4.79 Å². The summed E-state index contributed by atoms with van der Waals surface area (Å²) in [5.74, 6) is 0.375. The summed E-state index contributed by atoms with van der Waals surface area (Å²) in [4.78, 5) is 17.6. The molecule has 3 rings (SSSR count). The van der Waals surface area contributed by atoms with Gasteiger partial charge >= 0.3 is 0 Å². The minimum absolute atomic E-state index is 0.226. The van der Waals surface area contributed by atoms with E-state index < -0.39 is 0 Å². The molecule has 3 fully saturated rings. The largest absolute Gasteiger partial charge is 0.336 e. The number of hydrogen-bond acceptors (Lipinski definition) is 2. The number of nitrogens with zero attached hydrogens (tertiary/aromatic N) is 2. The van der Waals surface area contributed by atoms with Gasteiger partial charge in [-0.15, -0.1) is 0 Å². The molecule has 0 aromatic rings. The molecule has 3 aliphatic rings. The van der Waals surface area contributed by atoms with Gasteiger partial charge in [-0.05, 0) is 38.5 Å². The third-order valence-corrected chi connectivity index (χ3v) is 4.77. The molecule has 0 unspecified atom stereocenters. The van der Waals surface area contributed by atoms with E-state index in [1.165, 1.54) is 51.6 Å². The average molecular weight is 264 g/mol. The van der Waals surface area contributed by atoms with E-state index in [4.69, 9.17) is 0 Å². The van der Waals surface area contributed by atoms with Crippen LogP contribution in [0.15, 0.2) is 0 Å². The quantitative estimate of drug-likeness (QED) is 0.782. The maximum atomic E-state index is 12.7. The van der Waals surface area contributed by atoms with E-state index in [-0.39, 0.29) is 5.41 Å². The van der Waals surface area contributed by atoms with Crippen LogP contribution < -0.4 is 0 Å². The van der Waals surface area contributed by atoms with Crippen molar-refractivity contribution >= 4 is 5.91 Å². The zero-order valence-corrected chi connectivity index (χ0v) is 12.7.